The first-order valence-corrected chi connectivity index (χ1v) is 5.07. The number of aryl methyl sites for hydroxylation is 1. The van der Waals surface area contributed by atoms with Crippen LogP contribution in [0.2, 0.25) is 0 Å². The maximum Gasteiger partial charge on any atom is 0.239 e. The summed E-state index contributed by atoms with van der Waals surface area (Å²) in [6.45, 7) is 3.98. The topological polar surface area (TPSA) is 45.2 Å². The van der Waals surface area contributed by atoms with Crippen molar-refractivity contribution in [2.45, 2.75) is 6.92 Å². The van der Waals surface area contributed by atoms with Crippen molar-refractivity contribution < 1.29 is 4.79 Å². The van der Waals surface area contributed by atoms with Crippen LogP contribution in [0.5, 0.6) is 0 Å². The van der Waals surface area contributed by atoms with Gasteiger partial charge < -0.3 is 10.2 Å². The molecular formula is C8H11N3OS. The molecular weight excluding hydrogens is 186 g/mol. The maximum absolute atomic E-state index is 11.1. The molecule has 1 N–H and O–H groups in total. The second-order valence-corrected chi connectivity index (χ2v) is 3.88. The summed E-state index contributed by atoms with van der Waals surface area (Å²) < 4.78 is 0. The largest absolute Gasteiger partial charge is 0.353 e. The first kappa shape index (κ1) is 8.50. The zero-order valence-corrected chi connectivity index (χ0v) is 8.23. The van der Waals surface area contributed by atoms with E-state index in [1.165, 1.54) is 0 Å². The minimum Gasteiger partial charge on any atom is -0.353 e. The summed E-state index contributed by atoms with van der Waals surface area (Å²) in [5, 5.41) is 5.74. The lowest BCUT2D eigenvalue weighted by Gasteiger charge is -2.25. The predicted octanol–water partition coefficient (Wildman–Crippen LogP) is 0.388. The minimum atomic E-state index is 0.0825. The number of carbonyl (C=O) groups is 1. The zero-order chi connectivity index (χ0) is 9.26. The third kappa shape index (κ3) is 1.80. The number of thiazole rings is 1. The number of carbonyl (C=O) groups excluding carboxylic acids is 1. The Hall–Kier alpha value is -1.10. The normalized spacial score (nSPS) is 17.3. The second kappa shape index (κ2) is 3.33. The standard InChI is InChI=1S/C8H11N3OS/c1-6-5-13-8(10-6)11-3-2-9-7(12)4-11/h5H,2-4H2,1H3,(H,9,12). The molecule has 1 aliphatic rings. The van der Waals surface area contributed by atoms with Gasteiger partial charge in [0.25, 0.3) is 0 Å². The van der Waals surface area contributed by atoms with Crippen molar-refractivity contribution in [3.05, 3.63) is 11.1 Å². The molecule has 0 bridgehead atoms. The van der Waals surface area contributed by atoms with E-state index in [0.717, 1.165) is 23.9 Å². The van der Waals surface area contributed by atoms with E-state index < -0.39 is 0 Å². The molecule has 0 radical (unpaired) electrons. The Balaban J connectivity index is 2.12. The third-order valence-corrected chi connectivity index (χ3v) is 2.94. The third-order valence-electron chi connectivity index (χ3n) is 1.92. The van der Waals surface area contributed by atoms with Crippen LogP contribution in [-0.4, -0.2) is 30.5 Å². The van der Waals surface area contributed by atoms with E-state index in [2.05, 4.69) is 10.3 Å². The summed E-state index contributed by atoms with van der Waals surface area (Å²) in [4.78, 5) is 17.4. The summed E-state index contributed by atoms with van der Waals surface area (Å²) >= 11 is 1.59. The van der Waals surface area contributed by atoms with Crippen LogP contribution in [0.15, 0.2) is 5.38 Å². The first-order chi connectivity index (χ1) is 6.25. The molecule has 0 saturated carbocycles. The van der Waals surface area contributed by atoms with Gasteiger partial charge in [0.1, 0.15) is 0 Å². The number of hydrogen-bond donors (Lipinski definition) is 1. The average molecular weight is 197 g/mol. The van der Waals surface area contributed by atoms with E-state index >= 15 is 0 Å². The van der Waals surface area contributed by atoms with E-state index in [4.69, 9.17) is 0 Å². The molecule has 0 atom stereocenters. The fourth-order valence-corrected chi connectivity index (χ4v) is 2.12. The van der Waals surface area contributed by atoms with Gasteiger partial charge in [0.2, 0.25) is 5.91 Å². The number of anilines is 1. The molecule has 1 saturated heterocycles. The van der Waals surface area contributed by atoms with Gasteiger partial charge in [-0.25, -0.2) is 4.98 Å². The highest BCUT2D eigenvalue weighted by Gasteiger charge is 2.18. The van der Waals surface area contributed by atoms with Crippen molar-refractivity contribution in [3.8, 4) is 0 Å². The van der Waals surface area contributed by atoms with Crippen LogP contribution in [-0.2, 0) is 4.79 Å². The number of rotatable bonds is 1. The Morgan fingerprint density at radius 3 is 3.15 bits per heavy atom. The fourth-order valence-electron chi connectivity index (χ4n) is 1.29. The van der Waals surface area contributed by atoms with Crippen LogP contribution in [0.1, 0.15) is 5.69 Å². The molecule has 1 fully saturated rings. The summed E-state index contributed by atoms with van der Waals surface area (Å²) in [6, 6.07) is 0. The van der Waals surface area contributed by atoms with Gasteiger partial charge in [0.05, 0.1) is 12.2 Å². The number of nitrogens with one attached hydrogen (secondary N) is 1. The lowest BCUT2D eigenvalue weighted by molar-refractivity contribution is -0.120. The lowest BCUT2D eigenvalue weighted by atomic mass is 10.4. The molecule has 2 rings (SSSR count). The van der Waals surface area contributed by atoms with Gasteiger partial charge in [0, 0.05) is 18.5 Å². The highest BCUT2D eigenvalue weighted by molar-refractivity contribution is 7.13. The van der Waals surface area contributed by atoms with Gasteiger partial charge in [-0.1, -0.05) is 0 Å². The van der Waals surface area contributed by atoms with E-state index in [1.54, 1.807) is 11.3 Å². The van der Waals surface area contributed by atoms with Gasteiger partial charge in [-0.15, -0.1) is 11.3 Å². The number of hydrogen-bond acceptors (Lipinski definition) is 4. The molecule has 1 aromatic heterocycles. The zero-order valence-electron chi connectivity index (χ0n) is 7.41. The average Bonchev–Trinajstić information content (AvgIpc) is 2.52. The van der Waals surface area contributed by atoms with Crippen LogP contribution in [0, 0.1) is 6.92 Å². The van der Waals surface area contributed by atoms with Crippen molar-refractivity contribution in [1.82, 2.24) is 10.3 Å². The highest BCUT2D eigenvalue weighted by Crippen LogP contribution is 2.19. The summed E-state index contributed by atoms with van der Waals surface area (Å²) in [5.74, 6) is 0.0825. The van der Waals surface area contributed by atoms with Gasteiger partial charge in [-0.3, -0.25) is 4.79 Å². The molecule has 2 heterocycles. The molecule has 1 aromatic rings. The SMILES string of the molecule is Cc1csc(N2CCNC(=O)C2)n1. The van der Waals surface area contributed by atoms with Crippen molar-refractivity contribution >= 4 is 22.4 Å². The number of amides is 1. The van der Waals surface area contributed by atoms with E-state index in [-0.39, 0.29) is 5.91 Å². The first-order valence-electron chi connectivity index (χ1n) is 4.19. The Morgan fingerprint density at radius 2 is 2.54 bits per heavy atom. The predicted molar refractivity (Wildman–Crippen MR) is 52.1 cm³/mol. The summed E-state index contributed by atoms with van der Waals surface area (Å²) in [6.07, 6.45) is 0. The fraction of sp³-hybridized carbons (Fsp3) is 0.500. The molecule has 1 aliphatic heterocycles. The van der Waals surface area contributed by atoms with Crippen molar-refractivity contribution in [2.75, 3.05) is 24.5 Å². The molecule has 0 spiro atoms. The highest BCUT2D eigenvalue weighted by atomic mass is 32.1. The van der Waals surface area contributed by atoms with E-state index in [9.17, 15) is 4.79 Å². The van der Waals surface area contributed by atoms with E-state index in [1.807, 2.05) is 17.2 Å². The summed E-state index contributed by atoms with van der Waals surface area (Å²) in [7, 11) is 0. The van der Waals surface area contributed by atoms with Crippen molar-refractivity contribution in [2.24, 2.45) is 0 Å². The molecule has 0 unspecified atom stereocenters. The minimum absolute atomic E-state index is 0.0825. The number of nitrogens with zero attached hydrogens (tertiary/aromatic N) is 2. The maximum atomic E-state index is 11.1. The van der Waals surface area contributed by atoms with Crippen LogP contribution < -0.4 is 10.2 Å². The van der Waals surface area contributed by atoms with Gasteiger partial charge in [0.15, 0.2) is 5.13 Å². The second-order valence-electron chi connectivity index (χ2n) is 3.04. The molecule has 5 heteroatoms. The molecule has 1 amide bonds. The van der Waals surface area contributed by atoms with Crippen molar-refractivity contribution in [3.63, 3.8) is 0 Å². The van der Waals surface area contributed by atoms with Gasteiger partial charge in [-0.2, -0.15) is 0 Å². The molecule has 0 aromatic carbocycles. The monoisotopic (exact) mass is 197 g/mol. The van der Waals surface area contributed by atoms with Crippen LogP contribution in [0.25, 0.3) is 0 Å². The Kier molecular flexibility index (Phi) is 2.18. The van der Waals surface area contributed by atoms with Gasteiger partial charge in [-0.05, 0) is 6.92 Å². The molecule has 4 nitrogen and oxygen atoms in total. The smallest absolute Gasteiger partial charge is 0.239 e. The summed E-state index contributed by atoms with van der Waals surface area (Å²) in [5.41, 5.74) is 1.02. The number of aromatic nitrogens is 1. The van der Waals surface area contributed by atoms with Crippen LogP contribution >= 0.6 is 11.3 Å². The van der Waals surface area contributed by atoms with Crippen LogP contribution in [0.3, 0.4) is 0 Å². The lowest BCUT2D eigenvalue weighted by Crippen LogP contribution is -2.47. The Labute approximate surface area is 80.6 Å². The van der Waals surface area contributed by atoms with Crippen LogP contribution in [0.4, 0.5) is 5.13 Å². The molecule has 13 heavy (non-hydrogen) atoms. The van der Waals surface area contributed by atoms with E-state index in [0.29, 0.717) is 6.54 Å². The Bertz CT molecular complexity index is 323. The molecule has 70 valence electrons. The van der Waals surface area contributed by atoms with Gasteiger partial charge >= 0.3 is 0 Å². The van der Waals surface area contributed by atoms with Crippen molar-refractivity contribution in [1.29, 1.82) is 0 Å². The Morgan fingerprint density at radius 1 is 1.69 bits per heavy atom. The number of piperazine rings is 1. The molecule has 0 aliphatic carbocycles. The quantitative estimate of drug-likeness (QED) is 0.708.